The van der Waals surface area contributed by atoms with E-state index in [-0.39, 0.29) is 6.10 Å². The number of nitrogens with zero attached hydrogens (tertiary/aromatic N) is 2. The molecule has 1 aliphatic rings. The molecule has 0 aliphatic carbocycles. The van der Waals surface area contributed by atoms with Crippen molar-refractivity contribution in [1.82, 2.24) is 10.1 Å². The first-order valence-corrected chi connectivity index (χ1v) is 7.10. The molecule has 1 aliphatic heterocycles. The lowest BCUT2D eigenvalue weighted by molar-refractivity contribution is -0.0638. The van der Waals surface area contributed by atoms with Crippen molar-refractivity contribution >= 4 is 11.6 Å². The Labute approximate surface area is 123 Å². The minimum atomic E-state index is 0.0526. The number of hydrogen-bond donors (Lipinski definition) is 0. The molecule has 0 bridgehead atoms. The summed E-state index contributed by atoms with van der Waals surface area (Å²) in [5.41, 5.74) is 2.07. The highest BCUT2D eigenvalue weighted by Gasteiger charge is 2.27. The molecule has 1 aromatic carbocycles. The third-order valence-electron chi connectivity index (χ3n) is 3.64. The summed E-state index contributed by atoms with van der Waals surface area (Å²) in [5, 5.41) is 4.72. The highest BCUT2D eigenvalue weighted by Crippen LogP contribution is 2.27. The quantitative estimate of drug-likeness (QED) is 0.870. The van der Waals surface area contributed by atoms with Gasteiger partial charge in [-0.2, -0.15) is 0 Å². The number of benzene rings is 1. The number of halogens is 1. The Morgan fingerprint density at radius 3 is 3.05 bits per heavy atom. The van der Waals surface area contributed by atoms with Gasteiger partial charge in [-0.15, -0.1) is 0 Å². The van der Waals surface area contributed by atoms with Gasteiger partial charge in [0.2, 0.25) is 0 Å². The van der Waals surface area contributed by atoms with Gasteiger partial charge >= 0.3 is 0 Å². The molecule has 0 N–H and O–H groups in total. The summed E-state index contributed by atoms with van der Waals surface area (Å²) >= 11 is 6.05. The van der Waals surface area contributed by atoms with Crippen LogP contribution < -0.4 is 0 Å². The summed E-state index contributed by atoms with van der Waals surface area (Å²) in [6, 6.07) is 10.1. The van der Waals surface area contributed by atoms with E-state index < -0.39 is 0 Å². The zero-order valence-electron chi connectivity index (χ0n) is 11.3. The number of ether oxygens (including phenoxy) is 1. The Balaban J connectivity index is 1.72. The first-order chi connectivity index (χ1) is 9.72. The lowest BCUT2D eigenvalue weighted by Gasteiger charge is -2.37. The summed E-state index contributed by atoms with van der Waals surface area (Å²) in [5.74, 6) is 0. The molecule has 2 atom stereocenters. The van der Waals surface area contributed by atoms with Gasteiger partial charge in [0.25, 0.3) is 0 Å². The minimum Gasteiger partial charge on any atom is -0.371 e. The van der Waals surface area contributed by atoms with Crippen LogP contribution in [0.4, 0.5) is 0 Å². The van der Waals surface area contributed by atoms with E-state index >= 15 is 0 Å². The number of rotatable bonds is 3. The third-order valence-corrected chi connectivity index (χ3v) is 3.87. The molecule has 4 nitrogen and oxygen atoms in total. The van der Waals surface area contributed by atoms with Crippen molar-refractivity contribution in [1.29, 1.82) is 0 Å². The molecule has 1 aromatic heterocycles. The number of aromatic nitrogens is 1. The van der Waals surface area contributed by atoms with Gasteiger partial charge in [0.15, 0.2) is 0 Å². The first-order valence-electron chi connectivity index (χ1n) is 6.73. The van der Waals surface area contributed by atoms with Crippen LogP contribution in [0.5, 0.6) is 0 Å². The number of morpholine rings is 1. The van der Waals surface area contributed by atoms with Crippen LogP contribution in [0.2, 0.25) is 5.02 Å². The monoisotopic (exact) mass is 292 g/mol. The lowest BCUT2D eigenvalue weighted by Crippen LogP contribution is -2.44. The van der Waals surface area contributed by atoms with Gasteiger partial charge in [0.1, 0.15) is 6.26 Å². The SMILES string of the molecule is C[C@H]1CO[C@@H](c2cccc(Cl)c2)CN1Cc1ccon1. The summed E-state index contributed by atoms with van der Waals surface area (Å²) in [7, 11) is 0. The van der Waals surface area contributed by atoms with Gasteiger partial charge in [-0.1, -0.05) is 28.9 Å². The molecule has 5 heteroatoms. The molecular formula is C15H17ClN2O2. The standard InChI is InChI=1S/C15H17ClN2O2/c1-11-10-19-15(12-3-2-4-13(16)7-12)9-18(11)8-14-5-6-20-17-14/h2-7,11,15H,8-10H2,1H3/t11-,15+/m0/s1. The fraction of sp³-hybridized carbons (Fsp3) is 0.400. The fourth-order valence-electron chi connectivity index (χ4n) is 2.46. The topological polar surface area (TPSA) is 38.5 Å². The van der Waals surface area contributed by atoms with Crippen molar-refractivity contribution in [3.8, 4) is 0 Å². The molecule has 2 aromatic rings. The van der Waals surface area contributed by atoms with Crippen molar-refractivity contribution in [2.75, 3.05) is 13.2 Å². The maximum atomic E-state index is 6.05. The Bertz CT molecular complexity index is 559. The van der Waals surface area contributed by atoms with Crippen LogP contribution in [0.25, 0.3) is 0 Å². The Kier molecular flexibility index (Phi) is 4.05. The maximum Gasteiger partial charge on any atom is 0.124 e. The minimum absolute atomic E-state index is 0.0526. The molecule has 3 rings (SSSR count). The second kappa shape index (κ2) is 5.95. The van der Waals surface area contributed by atoms with Crippen molar-refractivity contribution in [2.24, 2.45) is 0 Å². The van der Waals surface area contributed by atoms with Crippen molar-refractivity contribution in [3.63, 3.8) is 0 Å². The van der Waals surface area contributed by atoms with Gasteiger partial charge < -0.3 is 9.26 Å². The predicted octanol–water partition coefficient (Wildman–Crippen LogP) is 3.29. The van der Waals surface area contributed by atoms with Crippen LogP contribution in [0.3, 0.4) is 0 Å². The van der Waals surface area contributed by atoms with Crippen LogP contribution in [0.15, 0.2) is 41.1 Å². The molecule has 0 saturated carbocycles. The van der Waals surface area contributed by atoms with Crippen LogP contribution in [-0.2, 0) is 11.3 Å². The van der Waals surface area contributed by atoms with Gasteiger partial charge in [0, 0.05) is 30.2 Å². The Morgan fingerprint density at radius 1 is 1.40 bits per heavy atom. The predicted molar refractivity (Wildman–Crippen MR) is 76.5 cm³/mol. The van der Waals surface area contributed by atoms with Crippen LogP contribution >= 0.6 is 11.6 Å². The second-order valence-corrected chi connectivity index (χ2v) is 5.58. The molecule has 1 fully saturated rings. The molecule has 106 valence electrons. The van der Waals surface area contributed by atoms with E-state index in [0.29, 0.717) is 12.6 Å². The highest BCUT2D eigenvalue weighted by atomic mass is 35.5. The zero-order valence-corrected chi connectivity index (χ0v) is 12.1. The van der Waals surface area contributed by atoms with E-state index in [1.807, 2.05) is 24.3 Å². The van der Waals surface area contributed by atoms with E-state index in [4.69, 9.17) is 20.9 Å². The molecule has 1 saturated heterocycles. The van der Waals surface area contributed by atoms with Gasteiger partial charge in [-0.3, -0.25) is 4.90 Å². The second-order valence-electron chi connectivity index (χ2n) is 5.15. The average molecular weight is 293 g/mol. The van der Waals surface area contributed by atoms with Gasteiger partial charge in [-0.25, -0.2) is 0 Å². The third kappa shape index (κ3) is 3.03. The zero-order chi connectivity index (χ0) is 13.9. The molecule has 2 heterocycles. The molecule has 0 unspecified atom stereocenters. The van der Waals surface area contributed by atoms with Gasteiger partial charge in [0.05, 0.1) is 18.4 Å². The fourth-order valence-corrected chi connectivity index (χ4v) is 2.66. The number of hydrogen-bond acceptors (Lipinski definition) is 4. The Morgan fingerprint density at radius 2 is 2.30 bits per heavy atom. The van der Waals surface area contributed by atoms with Crippen LogP contribution in [0.1, 0.15) is 24.3 Å². The largest absolute Gasteiger partial charge is 0.371 e. The maximum absolute atomic E-state index is 6.05. The molecule has 0 amide bonds. The van der Waals surface area contributed by atoms with Crippen molar-refractivity contribution in [2.45, 2.75) is 25.6 Å². The first kappa shape index (κ1) is 13.6. The highest BCUT2D eigenvalue weighted by molar-refractivity contribution is 6.30. The molecule has 20 heavy (non-hydrogen) atoms. The summed E-state index contributed by atoms with van der Waals surface area (Å²) < 4.78 is 10.8. The van der Waals surface area contributed by atoms with E-state index in [0.717, 1.165) is 29.4 Å². The van der Waals surface area contributed by atoms with E-state index in [1.165, 1.54) is 0 Å². The van der Waals surface area contributed by atoms with Crippen LogP contribution in [0, 0.1) is 0 Å². The smallest absolute Gasteiger partial charge is 0.124 e. The van der Waals surface area contributed by atoms with Crippen molar-refractivity contribution in [3.05, 3.63) is 52.9 Å². The summed E-state index contributed by atoms with van der Waals surface area (Å²) in [4.78, 5) is 2.35. The molecular weight excluding hydrogens is 276 g/mol. The Hall–Kier alpha value is -1.36. The van der Waals surface area contributed by atoms with E-state index in [2.05, 4.69) is 23.0 Å². The summed E-state index contributed by atoms with van der Waals surface area (Å²) in [6.07, 6.45) is 1.66. The van der Waals surface area contributed by atoms with Crippen LogP contribution in [-0.4, -0.2) is 29.3 Å². The average Bonchev–Trinajstić information content (AvgIpc) is 2.94. The molecule has 0 spiro atoms. The van der Waals surface area contributed by atoms with E-state index in [1.54, 1.807) is 6.26 Å². The lowest BCUT2D eigenvalue weighted by atomic mass is 10.1. The van der Waals surface area contributed by atoms with E-state index in [9.17, 15) is 0 Å². The van der Waals surface area contributed by atoms with Gasteiger partial charge in [-0.05, 0) is 24.6 Å². The van der Waals surface area contributed by atoms with Crippen molar-refractivity contribution < 1.29 is 9.26 Å². The summed E-state index contributed by atoms with van der Waals surface area (Å²) in [6.45, 7) is 4.47. The normalized spacial score (nSPS) is 23.9. The molecule has 0 radical (unpaired) electrons.